The van der Waals surface area contributed by atoms with Crippen molar-refractivity contribution in [1.29, 1.82) is 0 Å². The van der Waals surface area contributed by atoms with Gasteiger partial charge in [-0.25, -0.2) is 9.97 Å². The summed E-state index contributed by atoms with van der Waals surface area (Å²) in [5.41, 5.74) is 0.800. The third kappa shape index (κ3) is 5.34. The van der Waals surface area contributed by atoms with E-state index in [0.29, 0.717) is 44.0 Å². The molecule has 2 heterocycles. The van der Waals surface area contributed by atoms with Crippen molar-refractivity contribution in [2.24, 2.45) is 5.41 Å². The molecule has 1 aromatic heterocycles. The zero-order valence-corrected chi connectivity index (χ0v) is 19.5. The van der Waals surface area contributed by atoms with Crippen molar-refractivity contribution in [3.8, 4) is 0 Å². The first-order chi connectivity index (χ1) is 14.9. The third-order valence-electron chi connectivity index (χ3n) is 5.72. The van der Waals surface area contributed by atoms with Crippen LogP contribution in [0.2, 0.25) is 0 Å². The van der Waals surface area contributed by atoms with Crippen LogP contribution in [0.25, 0.3) is 0 Å². The van der Waals surface area contributed by atoms with Gasteiger partial charge in [-0.15, -0.1) is 11.6 Å². The van der Waals surface area contributed by atoms with Crippen molar-refractivity contribution in [1.82, 2.24) is 14.9 Å². The lowest BCUT2D eigenvalue weighted by Crippen LogP contribution is -2.53. The van der Waals surface area contributed by atoms with Crippen LogP contribution in [0.4, 0.5) is 19.0 Å². The molecule has 1 aliphatic heterocycles. The van der Waals surface area contributed by atoms with Crippen LogP contribution in [0, 0.1) is 19.3 Å². The summed E-state index contributed by atoms with van der Waals surface area (Å²) in [6.45, 7) is 9.54. The predicted molar refractivity (Wildman–Crippen MR) is 119 cm³/mol. The van der Waals surface area contributed by atoms with E-state index in [1.54, 1.807) is 13.0 Å². The number of anilines is 1. The highest BCUT2D eigenvalue weighted by Gasteiger charge is 2.34. The lowest BCUT2D eigenvalue weighted by Gasteiger charge is -2.39. The van der Waals surface area contributed by atoms with Gasteiger partial charge in [0.15, 0.2) is 0 Å². The summed E-state index contributed by atoms with van der Waals surface area (Å²) in [4.78, 5) is 25.7. The van der Waals surface area contributed by atoms with E-state index in [4.69, 9.17) is 11.6 Å². The van der Waals surface area contributed by atoms with Gasteiger partial charge in [0, 0.05) is 49.7 Å². The number of hydrogen-bond donors (Lipinski definition) is 0. The fourth-order valence-corrected chi connectivity index (χ4v) is 3.97. The van der Waals surface area contributed by atoms with E-state index in [9.17, 15) is 18.0 Å². The van der Waals surface area contributed by atoms with Gasteiger partial charge in [-0.05, 0) is 39.3 Å². The molecule has 2 aromatic rings. The molecule has 32 heavy (non-hydrogen) atoms. The van der Waals surface area contributed by atoms with Crippen molar-refractivity contribution in [3.63, 3.8) is 0 Å². The lowest BCUT2D eigenvalue weighted by molar-refractivity contribution is -0.139. The molecule has 0 N–H and O–H groups in total. The molecule has 0 saturated carbocycles. The Hall–Kier alpha value is -2.35. The van der Waals surface area contributed by atoms with Crippen LogP contribution in [0.1, 0.15) is 42.1 Å². The van der Waals surface area contributed by atoms with Crippen LogP contribution in [0.5, 0.6) is 0 Å². The van der Waals surface area contributed by atoms with Crippen LogP contribution in [0.15, 0.2) is 24.3 Å². The average molecular weight is 469 g/mol. The van der Waals surface area contributed by atoms with E-state index in [0.717, 1.165) is 23.1 Å². The molecule has 0 bridgehead atoms. The minimum atomic E-state index is -4.39. The number of piperazine rings is 1. The van der Waals surface area contributed by atoms with Gasteiger partial charge in [-0.2, -0.15) is 13.2 Å². The standard InChI is InChI=1S/C23H28ClF3N4O/c1-15-19(13-17-6-5-7-18(12-17)23(25,26)27)20(29-16(2)28-15)30-8-10-31(11-9-30)21(32)22(3,4)14-24/h5-7,12H,8-11,13-14H2,1-4H3. The molecule has 3 rings (SSSR count). The summed E-state index contributed by atoms with van der Waals surface area (Å²) in [6, 6.07) is 5.35. The van der Waals surface area contributed by atoms with Crippen LogP contribution >= 0.6 is 11.6 Å². The van der Waals surface area contributed by atoms with E-state index in [1.807, 2.05) is 25.7 Å². The zero-order valence-electron chi connectivity index (χ0n) is 18.8. The normalized spacial score (nSPS) is 15.2. The van der Waals surface area contributed by atoms with E-state index >= 15 is 0 Å². The topological polar surface area (TPSA) is 49.3 Å². The van der Waals surface area contributed by atoms with Crippen molar-refractivity contribution in [2.75, 3.05) is 37.0 Å². The number of carbonyl (C=O) groups is 1. The molecule has 1 aromatic carbocycles. The average Bonchev–Trinajstić information content (AvgIpc) is 2.74. The minimum Gasteiger partial charge on any atom is -0.353 e. The number of aryl methyl sites for hydroxylation is 2. The number of carbonyl (C=O) groups excluding carboxylic acids is 1. The fraction of sp³-hybridized carbons (Fsp3) is 0.522. The monoisotopic (exact) mass is 468 g/mol. The molecular weight excluding hydrogens is 441 g/mol. The maximum absolute atomic E-state index is 13.1. The highest BCUT2D eigenvalue weighted by atomic mass is 35.5. The van der Waals surface area contributed by atoms with E-state index in [1.165, 1.54) is 12.1 Å². The second kappa shape index (κ2) is 9.25. The van der Waals surface area contributed by atoms with Gasteiger partial charge in [0.05, 0.1) is 11.0 Å². The van der Waals surface area contributed by atoms with Gasteiger partial charge in [0.1, 0.15) is 11.6 Å². The number of benzene rings is 1. The number of rotatable bonds is 5. The summed E-state index contributed by atoms with van der Waals surface area (Å²) in [7, 11) is 0. The van der Waals surface area contributed by atoms with Crippen molar-refractivity contribution in [2.45, 2.75) is 40.3 Å². The van der Waals surface area contributed by atoms with Gasteiger partial charge in [0.25, 0.3) is 0 Å². The summed E-state index contributed by atoms with van der Waals surface area (Å²) >= 11 is 5.96. The molecule has 0 aliphatic carbocycles. The molecule has 5 nitrogen and oxygen atoms in total. The van der Waals surface area contributed by atoms with E-state index in [-0.39, 0.29) is 11.8 Å². The molecule has 0 spiro atoms. The minimum absolute atomic E-state index is 0.0198. The second-order valence-electron chi connectivity index (χ2n) is 8.83. The van der Waals surface area contributed by atoms with E-state index < -0.39 is 17.2 Å². The Labute approximate surface area is 191 Å². The largest absolute Gasteiger partial charge is 0.416 e. The highest BCUT2D eigenvalue weighted by Crippen LogP contribution is 2.31. The van der Waals surface area contributed by atoms with Gasteiger partial charge < -0.3 is 9.80 Å². The maximum atomic E-state index is 13.1. The van der Waals surface area contributed by atoms with Crippen molar-refractivity contribution in [3.05, 3.63) is 52.5 Å². The summed E-state index contributed by atoms with van der Waals surface area (Å²) in [6.07, 6.45) is -4.10. The van der Waals surface area contributed by atoms with Crippen molar-refractivity contribution < 1.29 is 18.0 Å². The second-order valence-corrected chi connectivity index (χ2v) is 9.10. The molecule has 1 amide bonds. The molecule has 1 fully saturated rings. The summed E-state index contributed by atoms with van der Waals surface area (Å²) < 4.78 is 39.4. The molecule has 0 unspecified atom stereocenters. The third-order valence-corrected chi connectivity index (χ3v) is 6.39. The van der Waals surface area contributed by atoms with E-state index in [2.05, 4.69) is 14.9 Å². The Balaban J connectivity index is 1.84. The van der Waals surface area contributed by atoms with Crippen LogP contribution in [-0.4, -0.2) is 52.8 Å². The van der Waals surface area contributed by atoms with Crippen molar-refractivity contribution >= 4 is 23.3 Å². The zero-order chi connectivity index (χ0) is 23.7. The van der Waals surface area contributed by atoms with Crippen LogP contribution < -0.4 is 4.90 Å². The van der Waals surface area contributed by atoms with Gasteiger partial charge in [-0.1, -0.05) is 18.2 Å². The number of aromatic nitrogens is 2. The first kappa shape index (κ1) is 24.3. The Morgan fingerprint density at radius 1 is 1.09 bits per heavy atom. The molecule has 9 heteroatoms. The maximum Gasteiger partial charge on any atom is 0.416 e. The molecule has 1 aliphatic rings. The molecule has 174 valence electrons. The summed E-state index contributed by atoms with van der Waals surface area (Å²) in [5.74, 6) is 1.59. The number of alkyl halides is 4. The predicted octanol–water partition coefficient (Wildman–Crippen LogP) is 4.62. The van der Waals surface area contributed by atoms with Crippen LogP contribution in [-0.2, 0) is 17.4 Å². The molecule has 0 atom stereocenters. The van der Waals surface area contributed by atoms with Crippen LogP contribution in [0.3, 0.4) is 0 Å². The number of halogens is 4. The first-order valence-electron chi connectivity index (χ1n) is 10.5. The smallest absolute Gasteiger partial charge is 0.353 e. The molecular formula is C23H28ClF3N4O. The quantitative estimate of drug-likeness (QED) is 0.601. The molecule has 0 radical (unpaired) electrons. The Morgan fingerprint density at radius 2 is 1.75 bits per heavy atom. The number of hydrogen-bond acceptors (Lipinski definition) is 4. The Bertz CT molecular complexity index is 986. The summed E-state index contributed by atoms with van der Waals surface area (Å²) in [5, 5.41) is 0. The highest BCUT2D eigenvalue weighted by molar-refractivity contribution is 6.19. The SMILES string of the molecule is Cc1nc(C)c(Cc2cccc(C(F)(F)F)c2)c(N2CCN(C(=O)C(C)(C)CCl)CC2)n1. The van der Waals surface area contributed by atoms with Gasteiger partial charge >= 0.3 is 6.18 Å². The first-order valence-corrected chi connectivity index (χ1v) is 11.1. The number of amides is 1. The van der Waals surface area contributed by atoms with Gasteiger partial charge in [-0.3, -0.25) is 4.79 Å². The Morgan fingerprint density at radius 3 is 2.34 bits per heavy atom. The Kier molecular flexibility index (Phi) is 7.03. The van der Waals surface area contributed by atoms with Gasteiger partial charge in [0.2, 0.25) is 5.91 Å². The molecule has 1 saturated heterocycles. The lowest BCUT2D eigenvalue weighted by atomic mass is 9.94. The fourth-order valence-electron chi connectivity index (χ4n) is 3.85. The number of nitrogens with zero attached hydrogens (tertiary/aromatic N) is 4.